The van der Waals surface area contributed by atoms with Gasteiger partial charge >= 0.3 is 16.2 Å². The van der Waals surface area contributed by atoms with Crippen molar-refractivity contribution in [2.75, 3.05) is 17.8 Å². The summed E-state index contributed by atoms with van der Waals surface area (Å²) in [7, 11) is -3.57. The molecule has 0 unspecified atom stereocenters. The van der Waals surface area contributed by atoms with Crippen molar-refractivity contribution in [3.8, 4) is 0 Å². The molecule has 106 valence electrons. The van der Waals surface area contributed by atoms with Crippen LogP contribution in [-0.2, 0) is 10.2 Å². The van der Waals surface area contributed by atoms with Gasteiger partial charge in [0.2, 0.25) is 0 Å². The molecule has 1 saturated heterocycles. The van der Waals surface area contributed by atoms with E-state index in [2.05, 4.69) is 11.6 Å². The number of rotatable bonds is 4. The van der Waals surface area contributed by atoms with Gasteiger partial charge in [-0.2, -0.15) is 12.7 Å². The zero-order chi connectivity index (χ0) is 14.0. The van der Waals surface area contributed by atoms with Gasteiger partial charge in [-0.05, 0) is 30.9 Å². The van der Waals surface area contributed by atoms with Gasteiger partial charge in [-0.25, -0.2) is 4.79 Å². The SMILES string of the molecule is CC1CCN(S(=O)(=O)Nc2ccc(C(=O)O)s2)CC1. The summed E-state index contributed by atoms with van der Waals surface area (Å²) in [4.78, 5) is 10.9. The van der Waals surface area contributed by atoms with Crippen LogP contribution in [-0.4, -0.2) is 36.9 Å². The number of piperidine rings is 1. The van der Waals surface area contributed by atoms with Crippen LogP contribution in [0.25, 0.3) is 0 Å². The summed E-state index contributed by atoms with van der Waals surface area (Å²) in [6.07, 6.45) is 1.71. The molecule has 0 radical (unpaired) electrons. The number of nitrogens with one attached hydrogen (secondary N) is 1. The molecule has 0 aliphatic carbocycles. The van der Waals surface area contributed by atoms with Gasteiger partial charge < -0.3 is 5.11 Å². The summed E-state index contributed by atoms with van der Waals surface area (Å²) < 4.78 is 28.1. The highest BCUT2D eigenvalue weighted by molar-refractivity contribution is 7.90. The first-order valence-electron chi connectivity index (χ1n) is 5.99. The van der Waals surface area contributed by atoms with Crippen LogP contribution in [0.1, 0.15) is 29.4 Å². The Morgan fingerprint density at radius 1 is 1.42 bits per heavy atom. The van der Waals surface area contributed by atoms with Crippen molar-refractivity contribution in [1.82, 2.24) is 4.31 Å². The van der Waals surface area contributed by atoms with Crippen molar-refractivity contribution in [3.63, 3.8) is 0 Å². The van der Waals surface area contributed by atoms with Crippen LogP contribution in [0.15, 0.2) is 12.1 Å². The topological polar surface area (TPSA) is 86.7 Å². The van der Waals surface area contributed by atoms with E-state index in [-0.39, 0.29) is 4.88 Å². The average Bonchev–Trinajstić information content (AvgIpc) is 2.77. The monoisotopic (exact) mass is 304 g/mol. The average molecular weight is 304 g/mol. The van der Waals surface area contributed by atoms with Gasteiger partial charge in [-0.1, -0.05) is 6.92 Å². The lowest BCUT2D eigenvalue weighted by Gasteiger charge is -2.29. The molecular formula is C11H16N2O4S2. The number of anilines is 1. The van der Waals surface area contributed by atoms with Gasteiger partial charge in [0.15, 0.2) is 0 Å². The van der Waals surface area contributed by atoms with Crippen LogP contribution in [0.4, 0.5) is 5.00 Å². The van der Waals surface area contributed by atoms with E-state index in [4.69, 9.17) is 5.11 Å². The highest BCUT2D eigenvalue weighted by atomic mass is 32.2. The molecule has 0 aromatic carbocycles. The molecule has 1 aromatic heterocycles. The van der Waals surface area contributed by atoms with Gasteiger partial charge in [0, 0.05) is 13.1 Å². The molecule has 1 fully saturated rings. The van der Waals surface area contributed by atoms with E-state index in [0.29, 0.717) is 24.0 Å². The lowest BCUT2D eigenvalue weighted by molar-refractivity contribution is 0.0702. The summed E-state index contributed by atoms with van der Waals surface area (Å²) in [5.74, 6) is -0.506. The summed E-state index contributed by atoms with van der Waals surface area (Å²) >= 11 is 0.916. The largest absolute Gasteiger partial charge is 0.477 e. The van der Waals surface area contributed by atoms with Crippen LogP contribution >= 0.6 is 11.3 Å². The van der Waals surface area contributed by atoms with Gasteiger partial charge in [0.05, 0.1) is 0 Å². The molecule has 1 aliphatic heterocycles. The molecule has 8 heteroatoms. The van der Waals surface area contributed by atoms with Crippen molar-refractivity contribution < 1.29 is 18.3 Å². The second-order valence-corrected chi connectivity index (χ2v) is 7.41. The highest BCUT2D eigenvalue weighted by Crippen LogP contribution is 2.25. The third-order valence-corrected chi connectivity index (χ3v) is 5.77. The predicted molar refractivity (Wildman–Crippen MR) is 73.8 cm³/mol. The molecule has 19 heavy (non-hydrogen) atoms. The Morgan fingerprint density at radius 2 is 2.05 bits per heavy atom. The number of aromatic carboxylic acids is 1. The number of hydrogen-bond acceptors (Lipinski definition) is 4. The first-order chi connectivity index (χ1) is 8.88. The molecule has 2 heterocycles. The Morgan fingerprint density at radius 3 is 2.58 bits per heavy atom. The fourth-order valence-electron chi connectivity index (χ4n) is 1.92. The predicted octanol–water partition coefficient (Wildman–Crippen LogP) is 1.83. The van der Waals surface area contributed by atoms with E-state index in [1.165, 1.54) is 16.4 Å². The molecule has 6 nitrogen and oxygen atoms in total. The van der Waals surface area contributed by atoms with Crippen LogP contribution in [0, 0.1) is 5.92 Å². The highest BCUT2D eigenvalue weighted by Gasteiger charge is 2.26. The summed E-state index contributed by atoms with van der Waals surface area (Å²) in [5.41, 5.74) is 0. The van der Waals surface area contributed by atoms with E-state index in [9.17, 15) is 13.2 Å². The lowest BCUT2D eigenvalue weighted by Crippen LogP contribution is -2.41. The Hall–Kier alpha value is -1.12. The Balaban J connectivity index is 2.06. The van der Waals surface area contributed by atoms with Crippen molar-refractivity contribution in [3.05, 3.63) is 17.0 Å². The molecule has 0 bridgehead atoms. The van der Waals surface area contributed by atoms with Crippen molar-refractivity contribution in [1.29, 1.82) is 0 Å². The van der Waals surface area contributed by atoms with Crippen LogP contribution in [0.5, 0.6) is 0 Å². The number of carboxylic acids is 1. The Kier molecular flexibility index (Phi) is 4.12. The van der Waals surface area contributed by atoms with E-state index in [0.717, 1.165) is 24.2 Å². The van der Waals surface area contributed by atoms with E-state index >= 15 is 0 Å². The third kappa shape index (κ3) is 3.46. The zero-order valence-corrected chi connectivity index (χ0v) is 12.1. The zero-order valence-electron chi connectivity index (χ0n) is 10.5. The minimum absolute atomic E-state index is 0.116. The van der Waals surface area contributed by atoms with Gasteiger partial charge in [0.1, 0.15) is 9.88 Å². The first kappa shape index (κ1) is 14.3. The molecular weight excluding hydrogens is 288 g/mol. The van der Waals surface area contributed by atoms with Crippen LogP contribution in [0.2, 0.25) is 0 Å². The maximum Gasteiger partial charge on any atom is 0.345 e. The van der Waals surface area contributed by atoms with Crippen LogP contribution < -0.4 is 4.72 Å². The smallest absolute Gasteiger partial charge is 0.345 e. The third-order valence-electron chi connectivity index (χ3n) is 3.13. The first-order valence-corrected chi connectivity index (χ1v) is 8.25. The van der Waals surface area contributed by atoms with E-state index in [1.807, 2.05) is 0 Å². The minimum Gasteiger partial charge on any atom is -0.477 e. The quantitative estimate of drug-likeness (QED) is 0.888. The van der Waals surface area contributed by atoms with Crippen molar-refractivity contribution in [2.24, 2.45) is 5.92 Å². The standard InChI is InChI=1S/C11H16N2O4S2/c1-8-4-6-13(7-5-8)19(16,17)12-10-3-2-9(18-10)11(14)15/h2-3,8,12H,4-7H2,1H3,(H,14,15). The number of hydrogen-bond donors (Lipinski definition) is 2. The fraction of sp³-hybridized carbons (Fsp3) is 0.545. The number of carboxylic acid groups (broad SMARTS) is 1. The van der Waals surface area contributed by atoms with Crippen molar-refractivity contribution in [2.45, 2.75) is 19.8 Å². The fourth-order valence-corrected chi connectivity index (χ4v) is 4.15. The number of carbonyl (C=O) groups is 1. The minimum atomic E-state index is -3.57. The second kappa shape index (κ2) is 5.48. The Labute approximate surface area is 116 Å². The lowest BCUT2D eigenvalue weighted by atomic mass is 10.0. The molecule has 0 spiro atoms. The Bertz CT molecular complexity index is 559. The van der Waals surface area contributed by atoms with Gasteiger partial charge in [-0.15, -0.1) is 11.3 Å². The molecule has 2 rings (SSSR count). The maximum absolute atomic E-state index is 12.1. The second-order valence-electron chi connectivity index (χ2n) is 4.66. The molecule has 2 N–H and O–H groups in total. The molecule has 0 saturated carbocycles. The normalized spacial score (nSPS) is 18.4. The van der Waals surface area contributed by atoms with E-state index < -0.39 is 16.2 Å². The molecule has 1 aromatic rings. The summed E-state index contributed by atoms with van der Waals surface area (Å²) in [6, 6.07) is 2.86. The van der Waals surface area contributed by atoms with Crippen molar-refractivity contribution >= 4 is 32.5 Å². The summed E-state index contributed by atoms with van der Waals surface area (Å²) in [6.45, 7) is 3.12. The summed E-state index contributed by atoms with van der Waals surface area (Å²) in [5, 5.41) is 9.13. The van der Waals surface area contributed by atoms with Gasteiger partial charge in [0.25, 0.3) is 0 Å². The number of nitrogens with zero attached hydrogens (tertiary/aromatic N) is 1. The molecule has 0 amide bonds. The van der Waals surface area contributed by atoms with Crippen LogP contribution in [0.3, 0.4) is 0 Å². The van der Waals surface area contributed by atoms with Gasteiger partial charge in [-0.3, -0.25) is 4.72 Å². The maximum atomic E-state index is 12.1. The molecule has 1 aliphatic rings. The number of thiophene rings is 1. The van der Waals surface area contributed by atoms with E-state index in [1.54, 1.807) is 0 Å². The molecule has 0 atom stereocenters.